The number of carboxylic acid groups (broad SMARTS) is 1. The van der Waals surface area contributed by atoms with Crippen LogP contribution in [0.15, 0.2) is 0 Å². The third kappa shape index (κ3) is 9.16. The van der Waals surface area contributed by atoms with Gasteiger partial charge in [0.25, 0.3) is 0 Å². The maximum absolute atomic E-state index is 10.9. The predicted octanol–water partition coefficient (Wildman–Crippen LogP) is 3.29. The minimum atomic E-state index is -0.736. The monoisotopic (exact) mass is 243 g/mol. The number of hydrogen-bond acceptors (Lipinski definition) is 2. The van der Waals surface area contributed by atoms with Gasteiger partial charge in [-0.15, -0.1) is 0 Å². The molecule has 0 spiro atoms. The summed E-state index contributed by atoms with van der Waals surface area (Å²) in [5.74, 6) is 0.207. The minimum absolute atomic E-state index is 0.147. The van der Waals surface area contributed by atoms with E-state index in [-0.39, 0.29) is 5.92 Å². The average Bonchev–Trinajstić information content (AvgIpc) is 2.20. The van der Waals surface area contributed by atoms with E-state index in [1.165, 1.54) is 25.7 Å². The van der Waals surface area contributed by atoms with Gasteiger partial charge >= 0.3 is 5.97 Å². The summed E-state index contributed by atoms with van der Waals surface area (Å²) in [5, 5.41) is 12.1. The smallest absolute Gasteiger partial charge is 0.320 e. The second-order valence-electron chi connectivity index (χ2n) is 5.61. The van der Waals surface area contributed by atoms with Crippen molar-refractivity contribution in [2.45, 2.75) is 65.8 Å². The SMILES string of the molecule is CC(C)CCCCCCNC(C(=O)O)C(C)C. The van der Waals surface area contributed by atoms with E-state index < -0.39 is 12.0 Å². The summed E-state index contributed by atoms with van der Waals surface area (Å²) in [4.78, 5) is 10.9. The first kappa shape index (κ1) is 16.4. The van der Waals surface area contributed by atoms with Crippen LogP contribution in [-0.2, 0) is 4.79 Å². The quantitative estimate of drug-likeness (QED) is 0.579. The molecule has 0 aliphatic carbocycles. The maximum Gasteiger partial charge on any atom is 0.320 e. The fourth-order valence-electron chi connectivity index (χ4n) is 1.90. The first-order chi connectivity index (χ1) is 7.95. The number of unbranched alkanes of at least 4 members (excludes halogenated alkanes) is 3. The zero-order valence-electron chi connectivity index (χ0n) is 11.8. The lowest BCUT2D eigenvalue weighted by Crippen LogP contribution is -2.41. The molecule has 0 radical (unpaired) electrons. The molecule has 102 valence electrons. The van der Waals surface area contributed by atoms with Crippen molar-refractivity contribution in [3.8, 4) is 0 Å². The van der Waals surface area contributed by atoms with E-state index in [0.717, 1.165) is 18.9 Å². The molecule has 0 aromatic rings. The number of nitrogens with one attached hydrogen (secondary N) is 1. The molecule has 1 unspecified atom stereocenters. The maximum atomic E-state index is 10.9. The number of carboxylic acids is 1. The fraction of sp³-hybridized carbons (Fsp3) is 0.929. The number of rotatable bonds is 10. The Kier molecular flexibility index (Phi) is 9.14. The van der Waals surface area contributed by atoms with Crippen molar-refractivity contribution in [1.82, 2.24) is 5.32 Å². The molecule has 17 heavy (non-hydrogen) atoms. The molecule has 0 aliphatic heterocycles. The Balaban J connectivity index is 3.46. The number of hydrogen-bond donors (Lipinski definition) is 2. The summed E-state index contributed by atoms with van der Waals surface area (Å²) in [5.41, 5.74) is 0. The molecular weight excluding hydrogens is 214 g/mol. The Morgan fingerprint density at radius 2 is 1.65 bits per heavy atom. The molecule has 2 N–H and O–H groups in total. The van der Waals surface area contributed by atoms with Crippen LogP contribution in [0.1, 0.15) is 59.8 Å². The van der Waals surface area contributed by atoms with Gasteiger partial charge in [0.1, 0.15) is 6.04 Å². The van der Waals surface area contributed by atoms with Gasteiger partial charge in [0.05, 0.1) is 0 Å². The summed E-state index contributed by atoms with van der Waals surface area (Å²) >= 11 is 0. The number of aliphatic carboxylic acids is 1. The van der Waals surface area contributed by atoms with Crippen molar-refractivity contribution in [1.29, 1.82) is 0 Å². The lowest BCUT2D eigenvalue weighted by atomic mass is 10.0. The van der Waals surface area contributed by atoms with Crippen LogP contribution in [-0.4, -0.2) is 23.7 Å². The van der Waals surface area contributed by atoms with Crippen molar-refractivity contribution < 1.29 is 9.90 Å². The largest absolute Gasteiger partial charge is 0.480 e. The molecule has 0 fully saturated rings. The van der Waals surface area contributed by atoms with Crippen molar-refractivity contribution in [2.24, 2.45) is 11.8 Å². The van der Waals surface area contributed by atoms with Crippen LogP contribution in [0.3, 0.4) is 0 Å². The predicted molar refractivity (Wildman–Crippen MR) is 72.2 cm³/mol. The van der Waals surface area contributed by atoms with Crippen LogP contribution < -0.4 is 5.32 Å². The molecule has 0 aliphatic rings. The standard InChI is InChI=1S/C14H29NO2/c1-11(2)9-7-5-6-8-10-15-13(12(3)4)14(16)17/h11-13,15H,5-10H2,1-4H3,(H,16,17). The highest BCUT2D eigenvalue weighted by Crippen LogP contribution is 2.09. The van der Waals surface area contributed by atoms with E-state index in [2.05, 4.69) is 19.2 Å². The summed E-state index contributed by atoms with van der Waals surface area (Å²) in [7, 11) is 0. The molecule has 0 heterocycles. The molecule has 0 bridgehead atoms. The highest BCUT2D eigenvalue weighted by Gasteiger charge is 2.19. The minimum Gasteiger partial charge on any atom is -0.480 e. The van der Waals surface area contributed by atoms with Gasteiger partial charge in [0, 0.05) is 0 Å². The van der Waals surface area contributed by atoms with Crippen molar-refractivity contribution in [3.05, 3.63) is 0 Å². The molecule has 3 nitrogen and oxygen atoms in total. The molecule has 3 heteroatoms. The van der Waals surface area contributed by atoms with Gasteiger partial charge in [-0.1, -0.05) is 53.4 Å². The van der Waals surface area contributed by atoms with Gasteiger partial charge in [-0.25, -0.2) is 0 Å². The van der Waals surface area contributed by atoms with Gasteiger partial charge in [-0.05, 0) is 24.8 Å². The molecule has 0 amide bonds. The van der Waals surface area contributed by atoms with Crippen LogP contribution in [0.2, 0.25) is 0 Å². The Hall–Kier alpha value is -0.570. The second-order valence-corrected chi connectivity index (χ2v) is 5.61. The zero-order chi connectivity index (χ0) is 13.3. The van der Waals surface area contributed by atoms with Gasteiger partial charge < -0.3 is 10.4 Å². The Morgan fingerprint density at radius 1 is 1.06 bits per heavy atom. The van der Waals surface area contributed by atoms with Crippen LogP contribution >= 0.6 is 0 Å². The van der Waals surface area contributed by atoms with Gasteiger partial charge in [0.15, 0.2) is 0 Å². The summed E-state index contributed by atoms with van der Waals surface area (Å²) in [6.07, 6.45) is 6.14. The third-order valence-electron chi connectivity index (χ3n) is 3.01. The Labute approximate surface area is 106 Å². The third-order valence-corrected chi connectivity index (χ3v) is 3.01. The molecule has 1 atom stereocenters. The van der Waals surface area contributed by atoms with Crippen molar-refractivity contribution in [2.75, 3.05) is 6.54 Å². The summed E-state index contributed by atoms with van der Waals surface area (Å²) in [6, 6.07) is -0.398. The summed E-state index contributed by atoms with van der Waals surface area (Å²) < 4.78 is 0. The van der Waals surface area contributed by atoms with Crippen LogP contribution in [0.5, 0.6) is 0 Å². The molecule has 0 rings (SSSR count). The van der Waals surface area contributed by atoms with Crippen molar-refractivity contribution in [3.63, 3.8) is 0 Å². The van der Waals surface area contributed by atoms with E-state index in [9.17, 15) is 4.79 Å². The zero-order valence-corrected chi connectivity index (χ0v) is 11.8. The van der Waals surface area contributed by atoms with Crippen molar-refractivity contribution >= 4 is 5.97 Å². The molecule has 0 saturated carbocycles. The van der Waals surface area contributed by atoms with Gasteiger partial charge in [-0.3, -0.25) is 4.79 Å². The second kappa shape index (κ2) is 9.46. The van der Waals surface area contributed by atoms with E-state index >= 15 is 0 Å². The van der Waals surface area contributed by atoms with E-state index in [1.807, 2.05) is 13.8 Å². The van der Waals surface area contributed by atoms with Gasteiger partial charge in [0.2, 0.25) is 0 Å². The van der Waals surface area contributed by atoms with Crippen LogP contribution in [0, 0.1) is 11.8 Å². The van der Waals surface area contributed by atoms with E-state index in [4.69, 9.17) is 5.11 Å². The topological polar surface area (TPSA) is 49.3 Å². The van der Waals surface area contributed by atoms with E-state index in [0.29, 0.717) is 0 Å². The Bertz CT molecular complexity index is 202. The van der Waals surface area contributed by atoms with Crippen LogP contribution in [0.25, 0.3) is 0 Å². The normalized spacial score (nSPS) is 13.3. The average molecular weight is 243 g/mol. The number of carbonyl (C=O) groups is 1. The lowest BCUT2D eigenvalue weighted by molar-refractivity contribution is -0.140. The fourth-order valence-corrected chi connectivity index (χ4v) is 1.90. The highest BCUT2D eigenvalue weighted by atomic mass is 16.4. The van der Waals surface area contributed by atoms with Gasteiger partial charge in [-0.2, -0.15) is 0 Å². The van der Waals surface area contributed by atoms with E-state index in [1.54, 1.807) is 0 Å². The molecular formula is C14H29NO2. The van der Waals surface area contributed by atoms with Crippen LogP contribution in [0.4, 0.5) is 0 Å². The summed E-state index contributed by atoms with van der Waals surface area (Å²) in [6.45, 7) is 9.20. The lowest BCUT2D eigenvalue weighted by Gasteiger charge is -2.17. The molecule has 0 aromatic heterocycles. The molecule has 0 saturated heterocycles. The Morgan fingerprint density at radius 3 is 2.12 bits per heavy atom. The molecule has 0 aromatic carbocycles. The first-order valence-electron chi connectivity index (χ1n) is 6.91. The highest BCUT2D eigenvalue weighted by molar-refractivity contribution is 5.73. The first-order valence-corrected chi connectivity index (χ1v) is 6.91.